The third-order valence-corrected chi connectivity index (χ3v) is 4.24. The summed E-state index contributed by atoms with van der Waals surface area (Å²) in [6.45, 7) is 2.26. The van der Waals surface area contributed by atoms with Crippen LogP contribution in [0.2, 0.25) is 0 Å². The van der Waals surface area contributed by atoms with Crippen LogP contribution in [-0.2, 0) is 20.8 Å². The smallest absolute Gasteiger partial charge is 0.168 e. The first-order chi connectivity index (χ1) is 9.70. The lowest BCUT2D eigenvalue weighted by atomic mass is 9.82. The van der Waals surface area contributed by atoms with Crippen molar-refractivity contribution in [3.63, 3.8) is 0 Å². The molecular weight excluding hydrogens is 256 g/mol. The Morgan fingerprint density at radius 1 is 1.00 bits per heavy atom. The van der Waals surface area contributed by atoms with Gasteiger partial charge >= 0.3 is 0 Å². The van der Waals surface area contributed by atoms with Gasteiger partial charge < -0.3 is 19.3 Å². The third-order valence-electron chi connectivity index (χ3n) is 4.24. The molecule has 110 valence electrons. The zero-order valence-electron chi connectivity index (χ0n) is 11.7. The van der Waals surface area contributed by atoms with Gasteiger partial charge in [0.1, 0.15) is 0 Å². The second-order valence-corrected chi connectivity index (χ2v) is 5.81. The van der Waals surface area contributed by atoms with Crippen molar-refractivity contribution < 1.29 is 19.3 Å². The molecule has 0 radical (unpaired) electrons. The van der Waals surface area contributed by atoms with Crippen LogP contribution in [-0.4, -0.2) is 36.3 Å². The van der Waals surface area contributed by atoms with E-state index in [-0.39, 0.29) is 0 Å². The fraction of sp³-hybridized carbons (Fsp3) is 0.625. The number of benzene rings is 1. The molecule has 1 spiro atoms. The molecule has 2 fully saturated rings. The van der Waals surface area contributed by atoms with Crippen molar-refractivity contribution in [2.24, 2.45) is 0 Å². The van der Waals surface area contributed by atoms with Crippen molar-refractivity contribution in [2.75, 3.05) is 19.8 Å². The largest absolute Gasteiger partial charge is 0.387 e. The van der Waals surface area contributed by atoms with E-state index in [2.05, 4.69) is 0 Å². The van der Waals surface area contributed by atoms with Crippen LogP contribution in [0.3, 0.4) is 0 Å². The molecule has 0 amide bonds. The molecule has 0 unspecified atom stereocenters. The second-order valence-electron chi connectivity index (χ2n) is 5.81. The van der Waals surface area contributed by atoms with E-state index in [0.717, 1.165) is 18.4 Å². The predicted molar refractivity (Wildman–Crippen MR) is 74.2 cm³/mol. The quantitative estimate of drug-likeness (QED) is 0.917. The first-order valence-corrected chi connectivity index (χ1v) is 7.32. The monoisotopic (exact) mass is 278 g/mol. The summed E-state index contributed by atoms with van der Waals surface area (Å²) in [6, 6.07) is 10.0. The van der Waals surface area contributed by atoms with Gasteiger partial charge in [-0.15, -0.1) is 0 Å². The molecule has 2 aliphatic rings. The molecule has 4 nitrogen and oxygen atoms in total. The summed E-state index contributed by atoms with van der Waals surface area (Å²) in [4.78, 5) is 0. The predicted octanol–water partition coefficient (Wildman–Crippen LogP) is 2.25. The Morgan fingerprint density at radius 3 is 2.30 bits per heavy atom. The van der Waals surface area contributed by atoms with Crippen molar-refractivity contribution in [2.45, 2.75) is 43.7 Å². The maximum Gasteiger partial charge on any atom is 0.168 e. The standard InChI is InChI=1S/C16H22O4/c17-15(13-18-12-14-4-2-1-3-5-14)6-8-16(9-7-15)19-10-11-20-16/h1-5,17H,6-13H2. The first-order valence-electron chi connectivity index (χ1n) is 7.32. The second kappa shape index (κ2) is 5.82. The van der Waals surface area contributed by atoms with Crippen molar-refractivity contribution in [1.29, 1.82) is 0 Å². The molecule has 20 heavy (non-hydrogen) atoms. The van der Waals surface area contributed by atoms with E-state index < -0.39 is 11.4 Å². The molecule has 3 rings (SSSR count). The highest BCUT2D eigenvalue weighted by molar-refractivity contribution is 5.13. The summed E-state index contributed by atoms with van der Waals surface area (Å²) in [5.41, 5.74) is 0.390. The highest BCUT2D eigenvalue weighted by atomic mass is 16.7. The molecule has 0 aromatic heterocycles. The van der Waals surface area contributed by atoms with Crippen molar-refractivity contribution in [1.82, 2.24) is 0 Å². The Labute approximate surface area is 119 Å². The summed E-state index contributed by atoms with van der Waals surface area (Å²) in [5.74, 6) is -0.425. The molecule has 0 atom stereocenters. The van der Waals surface area contributed by atoms with E-state index in [1.54, 1.807) is 0 Å². The Morgan fingerprint density at radius 2 is 1.65 bits per heavy atom. The summed E-state index contributed by atoms with van der Waals surface area (Å²) in [5, 5.41) is 10.6. The zero-order chi connectivity index (χ0) is 13.9. The fourth-order valence-corrected chi connectivity index (χ4v) is 2.96. The van der Waals surface area contributed by atoms with Gasteiger partial charge in [-0.2, -0.15) is 0 Å². The number of aliphatic hydroxyl groups is 1. The van der Waals surface area contributed by atoms with E-state index in [0.29, 0.717) is 39.3 Å². The maximum absolute atomic E-state index is 10.6. The molecule has 1 aliphatic carbocycles. The molecule has 1 aliphatic heterocycles. The fourth-order valence-electron chi connectivity index (χ4n) is 2.96. The van der Waals surface area contributed by atoms with E-state index in [9.17, 15) is 5.11 Å². The summed E-state index contributed by atoms with van der Waals surface area (Å²) >= 11 is 0. The normalized spacial score (nSPS) is 24.1. The van der Waals surface area contributed by atoms with E-state index in [4.69, 9.17) is 14.2 Å². The van der Waals surface area contributed by atoms with Gasteiger partial charge in [0.25, 0.3) is 0 Å². The Hall–Kier alpha value is -0.940. The molecule has 1 heterocycles. The van der Waals surface area contributed by atoms with Crippen LogP contribution in [0.5, 0.6) is 0 Å². The summed E-state index contributed by atoms with van der Waals surface area (Å²) < 4.78 is 17.0. The van der Waals surface area contributed by atoms with Crippen LogP contribution in [0.25, 0.3) is 0 Å². The van der Waals surface area contributed by atoms with E-state index in [1.807, 2.05) is 30.3 Å². The van der Waals surface area contributed by atoms with Crippen molar-refractivity contribution in [3.8, 4) is 0 Å². The minimum atomic E-state index is -0.741. The molecule has 1 aromatic rings. The number of hydrogen-bond acceptors (Lipinski definition) is 4. The van der Waals surface area contributed by atoms with Gasteiger partial charge in [-0.05, 0) is 18.4 Å². The highest BCUT2D eigenvalue weighted by Gasteiger charge is 2.45. The van der Waals surface area contributed by atoms with E-state index >= 15 is 0 Å². The van der Waals surface area contributed by atoms with Crippen LogP contribution < -0.4 is 0 Å². The summed E-state index contributed by atoms with van der Waals surface area (Å²) in [6.07, 6.45) is 2.83. The van der Waals surface area contributed by atoms with Crippen LogP contribution >= 0.6 is 0 Å². The Balaban J connectivity index is 1.46. The van der Waals surface area contributed by atoms with Crippen LogP contribution in [0.1, 0.15) is 31.2 Å². The van der Waals surface area contributed by atoms with Crippen molar-refractivity contribution >= 4 is 0 Å². The number of rotatable bonds is 4. The van der Waals surface area contributed by atoms with Gasteiger partial charge in [-0.1, -0.05) is 30.3 Å². The molecular formula is C16H22O4. The third kappa shape index (κ3) is 3.20. The van der Waals surface area contributed by atoms with Crippen molar-refractivity contribution in [3.05, 3.63) is 35.9 Å². The van der Waals surface area contributed by atoms with Gasteiger partial charge in [-0.3, -0.25) is 0 Å². The average molecular weight is 278 g/mol. The summed E-state index contributed by atoms with van der Waals surface area (Å²) in [7, 11) is 0. The lowest BCUT2D eigenvalue weighted by Crippen LogP contribution is -2.46. The Kier molecular flexibility index (Phi) is 4.08. The lowest BCUT2D eigenvalue weighted by molar-refractivity contribution is -0.209. The van der Waals surface area contributed by atoms with E-state index in [1.165, 1.54) is 0 Å². The topological polar surface area (TPSA) is 47.9 Å². The van der Waals surface area contributed by atoms with Gasteiger partial charge in [0.2, 0.25) is 0 Å². The molecule has 1 N–H and O–H groups in total. The molecule has 1 saturated carbocycles. The van der Waals surface area contributed by atoms with Crippen LogP contribution in [0.15, 0.2) is 30.3 Å². The SMILES string of the molecule is OC1(COCc2ccccc2)CCC2(CC1)OCCO2. The molecule has 4 heteroatoms. The van der Waals surface area contributed by atoms with Crippen LogP contribution in [0.4, 0.5) is 0 Å². The lowest BCUT2D eigenvalue weighted by Gasteiger charge is -2.40. The molecule has 1 aromatic carbocycles. The highest BCUT2D eigenvalue weighted by Crippen LogP contribution is 2.40. The van der Waals surface area contributed by atoms with Gasteiger partial charge in [0.15, 0.2) is 5.79 Å². The van der Waals surface area contributed by atoms with Gasteiger partial charge in [0.05, 0.1) is 32.0 Å². The minimum Gasteiger partial charge on any atom is -0.387 e. The molecule has 0 bridgehead atoms. The maximum atomic E-state index is 10.6. The minimum absolute atomic E-state index is 0.373. The van der Waals surface area contributed by atoms with Crippen LogP contribution in [0, 0.1) is 0 Å². The van der Waals surface area contributed by atoms with Gasteiger partial charge in [0, 0.05) is 12.8 Å². The Bertz CT molecular complexity index is 415. The zero-order valence-corrected chi connectivity index (χ0v) is 11.7. The average Bonchev–Trinajstić information content (AvgIpc) is 2.93. The number of ether oxygens (including phenoxy) is 3. The molecule has 1 saturated heterocycles. The first kappa shape index (κ1) is 14.0. The number of hydrogen-bond donors (Lipinski definition) is 1. The van der Waals surface area contributed by atoms with Gasteiger partial charge in [-0.25, -0.2) is 0 Å².